The van der Waals surface area contributed by atoms with Crippen LogP contribution >= 0.6 is 0 Å². The lowest BCUT2D eigenvalue weighted by molar-refractivity contribution is -0.137. The molecule has 3 aromatic rings. The monoisotopic (exact) mass is 547 g/mol. The highest BCUT2D eigenvalue weighted by molar-refractivity contribution is 7.87. The van der Waals surface area contributed by atoms with Gasteiger partial charge in [-0.25, -0.2) is 0 Å². The molecule has 0 heterocycles. The van der Waals surface area contributed by atoms with Crippen LogP contribution in [0.4, 0.5) is 13.2 Å². The van der Waals surface area contributed by atoms with E-state index in [4.69, 9.17) is 4.18 Å². The third-order valence-corrected chi connectivity index (χ3v) is 7.04. The number of carbonyl (C=O) groups is 1. The second-order valence-electron chi connectivity index (χ2n) is 10.6. The summed E-state index contributed by atoms with van der Waals surface area (Å²) < 4.78 is 69.7. The summed E-state index contributed by atoms with van der Waals surface area (Å²) in [5.74, 6) is -0.0537. The summed E-state index contributed by atoms with van der Waals surface area (Å²) >= 11 is 0. The fourth-order valence-corrected chi connectivity index (χ4v) is 4.84. The van der Waals surface area contributed by atoms with Gasteiger partial charge in [0.25, 0.3) is 5.91 Å². The van der Waals surface area contributed by atoms with Crippen molar-refractivity contribution in [3.63, 3.8) is 0 Å². The molecule has 1 amide bonds. The molecule has 0 saturated heterocycles. The van der Waals surface area contributed by atoms with E-state index in [0.717, 1.165) is 23.8 Å². The molecule has 0 aliphatic heterocycles. The number of hydrogen-bond acceptors (Lipinski definition) is 4. The molecule has 3 aromatic carbocycles. The molecule has 0 bridgehead atoms. The molecule has 9 heteroatoms. The minimum Gasteiger partial charge on any atom is -0.379 e. The first-order chi connectivity index (χ1) is 17.6. The third kappa shape index (κ3) is 7.60. The van der Waals surface area contributed by atoms with Gasteiger partial charge in [-0.3, -0.25) is 4.79 Å². The molecule has 204 valence electrons. The van der Waals surface area contributed by atoms with E-state index < -0.39 is 26.8 Å². The lowest BCUT2D eigenvalue weighted by Crippen LogP contribution is -2.33. The molecule has 0 aliphatic carbocycles. The van der Waals surface area contributed by atoms with Gasteiger partial charge in [0, 0.05) is 18.7 Å². The molecule has 0 spiro atoms. The fourth-order valence-electron chi connectivity index (χ4n) is 3.87. The molecular weight excluding hydrogens is 515 g/mol. The topological polar surface area (TPSA) is 63.7 Å². The van der Waals surface area contributed by atoms with Crippen LogP contribution in [0.25, 0.3) is 0 Å². The highest BCUT2D eigenvalue weighted by Gasteiger charge is 2.32. The van der Waals surface area contributed by atoms with Crippen LogP contribution in [-0.4, -0.2) is 25.8 Å². The number of halogens is 3. The summed E-state index contributed by atoms with van der Waals surface area (Å²) in [6.45, 7) is 10.9. The summed E-state index contributed by atoms with van der Waals surface area (Å²) in [7, 11) is -4.52. The van der Waals surface area contributed by atoms with E-state index in [1.807, 2.05) is 26.0 Å². The maximum Gasteiger partial charge on any atom is 0.416 e. The molecule has 0 saturated carbocycles. The van der Waals surface area contributed by atoms with Crippen molar-refractivity contribution < 1.29 is 30.6 Å². The number of rotatable bonds is 8. The lowest BCUT2D eigenvalue weighted by atomic mass is 9.86. The van der Waals surface area contributed by atoms with Crippen molar-refractivity contribution in [2.75, 3.05) is 6.54 Å². The molecule has 0 aliphatic rings. The Labute approximate surface area is 222 Å². The Morgan fingerprint density at radius 3 is 2.11 bits per heavy atom. The predicted octanol–water partition coefficient (Wildman–Crippen LogP) is 7.07. The van der Waals surface area contributed by atoms with Gasteiger partial charge in [0.15, 0.2) is 0 Å². The molecular formula is C29H32F3NO4S. The van der Waals surface area contributed by atoms with Gasteiger partial charge in [0.05, 0.1) is 5.56 Å². The SMILES string of the molecule is CC(C)CN(Cc1cccc(OS(=O)(=O)c2cccc(C(F)(F)F)c2)c1)C(=O)c1ccc(C(C)(C)C)cc1. The van der Waals surface area contributed by atoms with Crippen molar-refractivity contribution in [3.8, 4) is 5.75 Å². The first-order valence-corrected chi connectivity index (χ1v) is 13.6. The van der Waals surface area contributed by atoms with Crippen LogP contribution in [0.1, 0.15) is 61.7 Å². The molecule has 0 fully saturated rings. The minimum atomic E-state index is -4.69. The van der Waals surface area contributed by atoms with Crippen molar-refractivity contribution in [3.05, 3.63) is 95.1 Å². The smallest absolute Gasteiger partial charge is 0.379 e. The number of nitrogens with zero attached hydrogens (tertiary/aromatic N) is 1. The zero-order valence-corrected chi connectivity index (χ0v) is 22.9. The second-order valence-corrected chi connectivity index (χ2v) is 12.2. The van der Waals surface area contributed by atoms with Crippen LogP contribution in [0.5, 0.6) is 5.75 Å². The average molecular weight is 548 g/mol. The summed E-state index contributed by atoms with van der Waals surface area (Å²) in [6, 6.07) is 17.0. The zero-order valence-electron chi connectivity index (χ0n) is 22.0. The predicted molar refractivity (Wildman–Crippen MR) is 140 cm³/mol. The Kier molecular flexibility index (Phi) is 8.61. The largest absolute Gasteiger partial charge is 0.416 e. The van der Waals surface area contributed by atoms with Crippen molar-refractivity contribution in [2.24, 2.45) is 5.92 Å². The number of benzene rings is 3. The Balaban J connectivity index is 1.83. The van der Waals surface area contributed by atoms with Crippen LogP contribution in [0.15, 0.2) is 77.7 Å². The molecule has 0 atom stereocenters. The first kappa shape index (κ1) is 29.2. The first-order valence-electron chi connectivity index (χ1n) is 12.2. The van der Waals surface area contributed by atoms with E-state index >= 15 is 0 Å². The quantitative estimate of drug-likeness (QED) is 0.283. The van der Waals surface area contributed by atoms with Crippen LogP contribution in [0, 0.1) is 5.92 Å². The number of amides is 1. The van der Waals surface area contributed by atoms with Crippen molar-refractivity contribution >= 4 is 16.0 Å². The average Bonchev–Trinajstić information content (AvgIpc) is 2.82. The van der Waals surface area contributed by atoms with Crippen LogP contribution in [0.2, 0.25) is 0 Å². The van der Waals surface area contributed by atoms with Gasteiger partial charge in [-0.15, -0.1) is 0 Å². The van der Waals surface area contributed by atoms with Gasteiger partial charge in [0.1, 0.15) is 10.6 Å². The second kappa shape index (κ2) is 11.2. The molecule has 0 N–H and O–H groups in total. The number of hydrogen-bond donors (Lipinski definition) is 0. The normalized spacial score (nSPS) is 12.4. The van der Waals surface area contributed by atoms with E-state index in [1.54, 1.807) is 29.2 Å². The Morgan fingerprint density at radius 1 is 0.895 bits per heavy atom. The van der Waals surface area contributed by atoms with E-state index in [2.05, 4.69) is 20.8 Å². The van der Waals surface area contributed by atoms with Gasteiger partial charge < -0.3 is 9.08 Å². The highest BCUT2D eigenvalue weighted by atomic mass is 32.2. The van der Waals surface area contributed by atoms with E-state index in [9.17, 15) is 26.4 Å². The van der Waals surface area contributed by atoms with E-state index in [1.165, 1.54) is 12.1 Å². The number of alkyl halides is 3. The molecule has 38 heavy (non-hydrogen) atoms. The Morgan fingerprint density at radius 2 is 1.53 bits per heavy atom. The van der Waals surface area contributed by atoms with Crippen LogP contribution in [-0.2, 0) is 28.3 Å². The van der Waals surface area contributed by atoms with E-state index in [0.29, 0.717) is 23.7 Å². The van der Waals surface area contributed by atoms with Crippen molar-refractivity contribution in [2.45, 2.75) is 57.7 Å². The Hall–Kier alpha value is -3.33. The van der Waals surface area contributed by atoms with Gasteiger partial charge in [-0.2, -0.15) is 21.6 Å². The van der Waals surface area contributed by atoms with Crippen LogP contribution in [0.3, 0.4) is 0 Å². The molecule has 0 unspecified atom stereocenters. The standard InChI is InChI=1S/C29H32F3NO4S/c1-20(2)18-33(27(34)22-12-14-23(15-13-22)28(3,4)5)19-21-8-6-10-25(16-21)37-38(35,36)26-11-7-9-24(17-26)29(30,31)32/h6-17,20H,18-19H2,1-5H3. The zero-order chi connectivity index (χ0) is 28.3. The third-order valence-electron chi connectivity index (χ3n) is 5.80. The summed E-state index contributed by atoms with van der Waals surface area (Å²) in [5, 5.41) is 0. The van der Waals surface area contributed by atoms with Crippen molar-refractivity contribution in [1.82, 2.24) is 4.90 Å². The van der Waals surface area contributed by atoms with E-state index in [-0.39, 0.29) is 29.5 Å². The van der Waals surface area contributed by atoms with Gasteiger partial charge in [-0.05, 0) is 64.9 Å². The summed E-state index contributed by atoms with van der Waals surface area (Å²) in [4.78, 5) is 14.4. The van der Waals surface area contributed by atoms with Gasteiger partial charge in [-0.1, -0.05) is 65.0 Å². The highest BCUT2D eigenvalue weighted by Crippen LogP contribution is 2.31. The summed E-state index contributed by atoms with van der Waals surface area (Å²) in [5.41, 5.74) is 1.12. The number of carbonyl (C=O) groups excluding carboxylic acids is 1. The van der Waals surface area contributed by atoms with Crippen LogP contribution < -0.4 is 4.18 Å². The fraction of sp³-hybridized carbons (Fsp3) is 0.345. The van der Waals surface area contributed by atoms with Gasteiger partial charge >= 0.3 is 16.3 Å². The Bertz CT molecular complexity index is 1380. The summed E-state index contributed by atoms with van der Waals surface area (Å²) in [6.07, 6.45) is -4.69. The van der Waals surface area contributed by atoms with Gasteiger partial charge in [0.2, 0.25) is 0 Å². The molecule has 3 rings (SSSR count). The molecule has 0 aromatic heterocycles. The lowest BCUT2D eigenvalue weighted by Gasteiger charge is -2.26. The maximum atomic E-state index is 13.4. The maximum absolute atomic E-state index is 13.4. The van der Waals surface area contributed by atoms with Crippen molar-refractivity contribution in [1.29, 1.82) is 0 Å². The minimum absolute atomic E-state index is 0.0476. The molecule has 0 radical (unpaired) electrons. The molecule has 5 nitrogen and oxygen atoms in total.